The summed E-state index contributed by atoms with van der Waals surface area (Å²) in [6.07, 6.45) is 1.59. The second-order valence-electron chi connectivity index (χ2n) is 9.07. The number of alkyl halides is 1. The van der Waals surface area contributed by atoms with Crippen molar-refractivity contribution in [3.8, 4) is 0 Å². The van der Waals surface area contributed by atoms with E-state index in [0.29, 0.717) is 24.9 Å². The molecule has 158 valence electrons. The third-order valence-corrected chi connectivity index (χ3v) is 7.19. The molecule has 1 fully saturated rings. The highest BCUT2D eigenvalue weighted by atomic mass is 19.1. The largest absolute Gasteiger partial charge is 0.361 e. The number of piperidine rings is 1. The Morgan fingerprint density at radius 2 is 1.93 bits per heavy atom. The van der Waals surface area contributed by atoms with Crippen molar-refractivity contribution in [2.75, 3.05) is 43.0 Å². The van der Waals surface area contributed by atoms with Crippen molar-refractivity contribution in [1.82, 2.24) is 4.90 Å². The monoisotopic (exact) mass is 407 g/mol. The first-order valence-electron chi connectivity index (χ1n) is 11.1. The summed E-state index contributed by atoms with van der Waals surface area (Å²) in [7, 11) is 1.86. The van der Waals surface area contributed by atoms with Crippen LogP contribution < -0.4 is 9.80 Å². The van der Waals surface area contributed by atoms with Gasteiger partial charge in [0.05, 0.1) is 17.9 Å². The lowest BCUT2D eigenvalue weighted by atomic mass is 9.89. The van der Waals surface area contributed by atoms with Crippen molar-refractivity contribution in [2.45, 2.75) is 44.4 Å². The zero-order valence-corrected chi connectivity index (χ0v) is 17.9. The van der Waals surface area contributed by atoms with Crippen LogP contribution in [0.1, 0.15) is 46.7 Å². The maximum absolute atomic E-state index is 14.6. The van der Waals surface area contributed by atoms with Crippen molar-refractivity contribution in [3.63, 3.8) is 0 Å². The Labute approximate surface area is 178 Å². The average molecular weight is 408 g/mol. The normalized spacial score (nSPS) is 25.2. The highest BCUT2D eigenvalue weighted by Crippen LogP contribution is 2.51. The van der Waals surface area contributed by atoms with Gasteiger partial charge in [-0.25, -0.2) is 4.39 Å². The van der Waals surface area contributed by atoms with Crippen molar-refractivity contribution >= 4 is 17.2 Å². The Morgan fingerprint density at radius 3 is 2.73 bits per heavy atom. The van der Waals surface area contributed by atoms with Crippen molar-refractivity contribution < 1.29 is 9.18 Å². The van der Waals surface area contributed by atoms with Gasteiger partial charge < -0.3 is 14.7 Å². The standard InChI is InChI=1S/C25H30FN3O/c1-17-8-10-18(11-9-17)23(30)7-4-13-28-14-12-21-20(15-28)19-5-3-6-22-25(19)29(21)16-24(26)27(22)2/h3,5-6,8-11,20-21,24H,4,7,12-16H2,1-2H3/t20-,21-,24?/m0/s1. The Balaban J connectivity index is 1.23. The first kappa shape index (κ1) is 19.6. The number of aryl methyl sites for hydroxylation is 1. The van der Waals surface area contributed by atoms with Gasteiger partial charge in [0.25, 0.3) is 0 Å². The van der Waals surface area contributed by atoms with E-state index in [1.807, 2.05) is 44.3 Å². The molecule has 4 nitrogen and oxygen atoms in total. The minimum Gasteiger partial charge on any atom is -0.361 e. The molecule has 0 saturated carbocycles. The summed E-state index contributed by atoms with van der Waals surface area (Å²) in [6.45, 7) is 5.47. The maximum atomic E-state index is 14.6. The van der Waals surface area contributed by atoms with Crippen LogP contribution in [0.5, 0.6) is 0 Å². The van der Waals surface area contributed by atoms with E-state index in [9.17, 15) is 9.18 Å². The van der Waals surface area contributed by atoms with E-state index in [2.05, 4.69) is 21.9 Å². The van der Waals surface area contributed by atoms with Crippen LogP contribution in [0.4, 0.5) is 15.8 Å². The lowest BCUT2D eigenvalue weighted by Gasteiger charge is -2.42. The number of benzene rings is 2. The second kappa shape index (κ2) is 7.69. The highest BCUT2D eigenvalue weighted by molar-refractivity contribution is 5.96. The molecular formula is C25H30FN3O. The molecule has 3 heterocycles. The molecule has 0 radical (unpaired) electrons. The minimum absolute atomic E-state index is 0.231. The first-order chi connectivity index (χ1) is 14.5. The molecule has 0 spiro atoms. The van der Waals surface area contributed by atoms with Gasteiger partial charge in [-0.2, -0.15) is 0 Å². The molecule has 2 aromatic rings. The number of anilines is 2. The van der Waals surface area contributed by atoms with E-state index in [1.165, 1.54) is 16.8 Å². The number of hydrogen-bond acceptors (Lipinski definition) is 4. The molecule has 0 N–H and O–H groups in total. The van der Waals surface area contributed by atoms with Crippen LogP contribution in [-0.2, 0) is 0 Å². The predicted octanol–water partition coefficient (Wildman–Crippen LogP) is 4.38. The summed E-state index contributed by atoms with van der Waals surface area (Å²) in [5.41, 5.74) is 5.64. The third kappa shape index (κ3) is 3.29. The van der Waals surface area contributed by atoms with E-state index in [4.69, 9.17) is 0 Å². The van der Waals surface area contributed by atoms with Crippen LogP contribution in [0.2, 0.25) is 0 Å². The Bertz CT molecular complexity index is 944. The fourth-order valence-corrected chi connectivity index (χ4v) is 5.51. The van der Waals surface area contributed by atoms with E-state index < -0.39 is 6.30 Å². The predicted molar refractivity (Wildman–Crippen MR) is 119 cm³/mol. The Morgan fingerprint density at radius 1 is 1.13 bits per heavy atom. The molecule has 0 aliphatic carbocycles. The van der Waals surface area contributed by atoms with Crippen LogP contribution in [-0.4, -0.2) is 56.2 Å². The number of carbonyl (C=O) groups excluding carboxylic acids is 1. The lowest BCUT2D eigenvalue weighted by Crippen LogP contribution is -2.51. The van der Waals surface area contributed by atoms with Crippen LogP contribution in [0.25, 0.3) is 0 Å². The number of hydrogen-bond donors (Lipinski definition) is 0. The fraction of sp³-hybridized carbons (Fsp3) is 0.480. The number of carbonyl (C=O) groups is 1. The fourth-order valence-electron chi connectivity index (χ4n) is 5.51. The summed E-state index contributed by atoms with van der Waals surface area (Å²) in [6, 6.07) is 14.6. The zero-order valence-electron chi connectivity index (χ0n) is 17.9. The van der Waals surface area contributed by atoms with Crippen LogP contribution in [0, 0.1) is 6.92 Å². The van der Waals surface area contributed by atoms with Gasteiger partial charge in [-0.3, -0.25) is 4.79 Å². The molecular weight excluding hydrogens is 377 g/mol. The number of likely N-dealkylation sites (N-methyl/N-ethyl adjacent to an activating group) is 1. The zero-order chi connectivity index (χ0) is 20.8. The SMILES string of the molecule is Cc1ccc(C(=O)CCCN2CC[C@H]3[C@@H](C2)c2cccc4c2N3CC(F)N4C)cc1. The molecule has 5 heteroatoms. The molecule has 1 unspecified atom stereocenters. The number of para-hydroxylation sites is 1. The summed E-state index contributed by atoms with van der Waals surface area (Å²) in [5, 5.41) is 0. The van der Waals surface area contributed by atoms with Gasteiger partial charge in [-0.1, -0.05) is 42.0 Å². The quantitative estimate of drug-likeness (QED) is 0.543. The van der Waals surface area contributed by atoms with E-state index >= 15 is 0 Å². The first-order valence-corrected chi connectivity index (χ1v) is 11.1. The minimum atomic E-state index is -0.947. The number of likely N-dealkylation sites (tertiary alicyclic amines) is 1. The van der Waals surface area contributed by atoms with E-state index in [0.717, 1.165) is 43.7 Å². The smallest absolute Gasteiger partial charge is 0.189 e. The number of nitrogens with zero attached hydrogens (tertiary/aromatic N) is 3. The topological polar surface area (TPSA) is 26.8 Å². The molecule has 3 aliphatic heterocycles. The summed E-state index contributed by atoms with van der Waals surface area (Å²) >= 11 is 0. The molecule has 5 rings (SSSR count). The van der Waals surface area contributed by atoms with Crippen molar-refractivity contribution in [2.24, 2.45) is 0 Å². The van der Waals surface area contributed by atoms with Gasteiger partial charge in [-0.05, 0) is 37.9 Å². The molecule has 0 aromatic heterocycles. The molecule has 0 bridgehead atoms. The van der Waals surface area contributed by atoms with Crippen molar-refractivity contribution in [1.29, 1.82) is 0 Å². The molecule has 2 aromatic carbocycles. The Kier molecular flexibility index (Phi) is 5.02. The summed E-state index contributed by atoms with van der Waals surface area (Å²) in [4.78, 5) is 19.1. The molecule has 3 aliphatic rings. The lowest BCUT2D eigenvalue weighted by molar-refractivity contribution is 0.0971. The van der Waals surface area contributed by atoms with Crippen LogP contribution >= 0.6 is 0 Å². The van der Waals surface area contributed by atoms with Gasteiger partial charge in [-0.15, -0.1) is 0 Å². The summed E-state index contributed by atoms with van der Waals surface area (Å²) in [5.74, 6) is 0.662. The molecule has 1 saturated heterocycles. The van der Waals surface area contributed by atoms with Gasteiger partial charge in [0.2, 0.25) is 0 Å². The number of Topliss-reactive ketones (excluding diaryl/α,β-unsaturated/α-hetero) is 1. The van der Waals surface area contributed by atoms with E-state index in [1.54, 1.807) is 4.90 Å². The average Bonchev–Trinajstić information content (AvgIpc) is 3.06. The molecule has 0 amide bonds. The van der Waals surface area contributed by atoms with E-state index in [-0.39, 0.29) is 5.78 Å². The number of ketones is 1. The highest BCUT2D eigenvalue weighted by Gasteiger charge is 2.46. The van der Waals surface area contributed by atoms with Gasteiger partial charge >= 0.3 is 0 Å². The molecule has 30 heavy (non-hydrogen) atoms. The second-order valence-corrected chi connectivity index (χ2v) is 9.07. The third-order valence-electron chi connectivity index (χ3n) is 7.19. The van der Waals surface area contributed by atoms with Crippen molar-refractivity contribution in [3.05, 3.63) is 59.2 Å². The van der Waals surface area contributed by atoms with Gasteiger partial charge in [0.1, 0.15) is 0 Å². The van der Waals surface area contributed by atoms with Crippen LogP contribution in [0.3, 0.4) is 0 Å². The number of halogens is 1. The Hall–Kier alpha value is -2.40. The molecule has 3 atom stereocenters. The van der Waals surface area contributed by atoms with Crippen LogP contribution in [0.15, 0.2) is 42.5 Å². The number of rotatable bonds is 5. The van der Waals surface area contributed by atoms with Gasteiger partial charge in [0.15, 0.2) is 12.1 Å². The number of fused-ring (bicyclic) bond motifs is 3. The summed E-state index contributed by atoms with van der Waals surface area (Å²) < 4.78 is 14.6. The van der Waals surface area contributed by atoms with Gasteiger partial charge in [0, 0.05) is 44.1 Å². The maximum Gasteiger partial charge on any atom is 0.189 e.